The third-order valence-electron chi connectivity index (χ3n) is 3.23. The molecule has 7 nitrogen and oxygen atoms in total. The number of nitrogens with zero attached hydrogens (tertiary/aromatic N) is 3. The molecule has 1 aromatic rings. The molecule has 1 aliphatic heterocycles. The summed E-state index contributed by atoms with van der Waals surface area (Å²) in [5.74, 6) is -0.361. The molecular weight excluding hydrogens is 284 g/mol. The lowest BCUT2D eigenvalue weighted by molar-refractivity contribution is -0.162. The van der Waals surface area contributed by atoms with Crippen LogP contribution in [0.2, 0.25) is 5.02 Å². The first-order chi connectivity index (χ1) is 9.44. The molecule has 1 fully saturated rings. The van der Waals surface area contributed by atoms with E-state index in [2.05, 4.69) is 10.4 Å². The normalized spacial score (nSPS) is 22.6. The molecule has 1 saturated heterocycles. The summed E-state index contributed by atoms with van der Waals surface area (Å²) in [4.78, 5) is 25.6. The Balaban J connectivity index is 2.01. The first kappa shape index (κ1) is 14.8. The van der Waals surface area contributed by atoms with E-state index in [9.17, 15) is 9.59 Å². The van der Waals surface area contributed by atoms with Crippen molar-refractivity contribution in [1.29, 1.82) is 0 Å². The predicted molar refractivity (Wildman–Crippen MR) is 72.2 cm³/mol. The summed E-state index contributed by atoms with van der Waals surface area (Å²) < 4.78 is 6.97. The Morgan fingerprint density at radius 3 is 2.95 bits per heavy atom. The van der Waals surface area contributed by atoms with Crippen molar-refractivity contribution >= 4 is 23.4 Å². The fraction of sp³-hybridized carbons (Fsp3) is 0.583. The van der Waals surface area contributed by atoms with Gasteiger partial charge in [-0.15, -0.1) is 0 Å². The summed E-state index contributed by atoms with van der Waals surface area (Å²) in [7, 11) is 1.55. The van der Waals surface area contributed by atoms with Gasteiger partial charge in [-0.1, -0.05) is 11.6 Å². The minimum atomic E-state index is -1.01. The summed E-state index contributed by atoms with van der Waals surface area (Å²) in [6.07, 6.45) is 3.06. The van der Waals surface area contributed by atoms with Crippen LogP contribution in [0.5, 0.6) is 0 Å². The molecule has 110 valence electrons. The molecule has 2 amide bonds. The maximum Gasteiger partial charge on any atom is 0.253 e. The lowest BCUT2D eigenvalue weighted by Gasteiger charge is -2.39. The third-order valence-corrected chi connectivity index (χ3v) is 3.43. The number of carbonyl (C=O) groups excluding carboxylic acids is 2. The fourth-order valence-electron chi connectivity index (χ4n) is 2.15. The Kier molecular flexibility index (Phi) is 4.29. The van der Waals surface area contributed by atoms with E-state index in [0.717, 1.165) is 0 Å². The topological polar surface area (TPSA) is 76.5 Å². The van der Waals surface area contributed by atoms with Crippen LogP contribution in [-0.4, -0.2) is 58.8 Å². The van der Waals surface area contributed by atoms with E-state index in [0.29, 0.717) is 18.2 Å². The number of nitrogens with one attached hydrogen (secondary N) is 1. The van der Waals surface area contributed by atoms with Gasteiger partial charge in [-0.25, -0.2) is 0 Å². The van der Waals surface area contributed by atoms with Gasteiger partial charge in [0, 0.05) is 19.8 Å². The minimum absolute atomic E-state index is 0.0938. The Bertz CT molecular complexity index is 519. The molecule has 0 saturated carbocycles. The van der Waals surface area contributed by atoms with E-state index in [1.54, 1.807) is 25.1 Å². The highest BCUT2D eigenvalue weighted by Crippen LogP contribution is 2.18. The molecule has 1 atom stereocenters. The largest absolute Gasteiger partial charge is 0.362 e. The van der Waals surface area contributed by atoms with E-state index in [4.69, 9.17) is 16.3 Å². The van der Waals surface area contributed by atoms with Gasteiger partial charge in [-0.2, -0.15) is 5.10 Å². The van der Waals surface area contributed by atoms with Crippen LogP contribution in [0.1, 0.15) is 6.92 Å². The highest BCUT2D eigenvalue weighted by atomic mass is 35.5. The van der Waals surface area contributed by atoms with Crippen molar-refractivity contribution in [3.63, 3.8) is 0 Å². The van der Waals surface area contributed by atoms with Crippen LogP contribution in [0.4, 0.5) is 0 Å². The quantitative estimate of drug-likeness (QED) is 0.846. The summed E-state index contributed by atoms with van der Waals surface area (Å²) in [6, 6.07) is 0. The predicted octanol–water partition coefficient (Wildman–Crippen LogP) is -0.100. The molecular formula is C12H17ClN4O3. The number of hydrogen-bond acceptors (Lipinski definition) is 4. The average Bonchev–Trinajstić information content (AvgIpc) is 2.83. The lowest BCUT2D eigenvalue weighted by Crippen LogP contribution is -2.59. The molecule has 0 spiro atoms. The van der Waals surface area contributed by atoms with Crippen LogP contribution in [-0.2, 0) is 20.9 Å². The van der Waals surface area contributed by atoms with Crippen molar-refractivity contribution in [2.45, 2.75) is 19.1 Å². The van der Waals surface area contributed by atoms with Crippen LogP contribution in [0.3, 0.4) is 0 Å². The number of hydrogen-bond donors (Lipinski definition) is 1. The number of ether oxygens (including phenoxy) is 1. The van der Waals surface area contributed by atoms with Gasteiger partial charge < -0.3 is 15.0 Å². The van der Waals surface area contributed by atoms with Crippen molar-refractivity contribution in [2.24, 2.45) is 0 Å². The van der Waals surface area contributed by atoms with Crippen LogP contribution in [0.15, 0.2) is 12.4 Å². The van der Waals surface area contributed by atoms with E-state index >= 15 is 0 Å². The van der Waals surface area contributed by atoms with Crippen molar-refractivity contribution in [2.75, 3.05) is 26.7 Å². The molecule has 2 rings (SSSR count). The number of amides is 2. The molecule has 2 heterocycles. The summed E-state index contributed by atoms with van der Waals surface area (Å²) in [5, 5.41) is 7.00. The van der Waals surface area contributed by atoms with E-state index in [1.165, 1.54) is 10.9 Å². The maximum atomic E-state index is 12.2. The van der Waals surface area contributed by atoms with E-state index < -0.39 is 5.60 Å². The molecule has 0 aliphatic carbocycles. The third kappa shape index (κ3) is 3.10. The molecule has 1 aliphatic rings. The Morgan fingerprint density at radius 2 is 2.35 bits per heavy atom. The highest BCUT2D eigenvalue weighted by Gasteiger charge is 2.40. The zero-order valence-electron chi connectivity index (χ0n) is 11.4. The van der Waals surface area contributed by atoms with Crippen molar-refractivity contribution < 1.29 is 14.3 Å². The van der Waals surface area contributed by atoms with Crippen molar-refractivity contribution in [3.8, 4) is 0 Å². The fourth-order valence-corrected chi connectivity index (χ4v) is 2.30. The molecule has 0 bridgehead atoms. The number of morpholine rings is 1. The Hall–Kier alpha value is -1.60. The van der Waals surface area contributed by atoms with Crippen LogP contribution >= 0.6 is 11.6 Å². The molecule has 1 N–H and O–H groups in total. The number of carbonyl (C=O) groups is 2. The van der Waals surface area contributed by atoms with Gasteiger partial charge in [0.2, 0.25) is 5.91 Å². The van der Waals surface area contributed by atoms with Gasteiger partial charge in [0.25, 0.3) is 5.91 Å². The second-order valence-corrected chi connectivity index (χ2v) is 5.27. The first-order valence-electron chi connectivity index (χ1n) is 6.26. The van der Waals surface area contributed by atoms with Crippen LogP contribution < -0.4 is 5.32 Å². The molecule has 1 unspecified atom stereocenters. The van der Waals surface area contributed by atoms with E-state index in [-0.39, 0.29) is 24.9 Å². The molecule has 0 aromatic carbocycles. The monoisotopic (exact) mass is 300 g/mol. The molecule has 0 radical (unpaired) electrons. The number of aromatic nitrogens is 2. The van der Waals surface area contributed by atoms with Crippen molar-refractivity contribution in [3.05, 3.63) is 17.4 Å². The smallest absolute Gasteiger partial charge is 0.253 e. The summed E-state index contributed by atoms with van der Waals surface area (Å²) in [6.45, 7) is 2.78. The number of rotatable bonds is 3. The van der Waals surface area contributed by atoms with Crippen LogP contribution in [0, 0.1) is 0 Å². The van der Waals surface area contributed by atoms with Gasteiger partial charge in [0.1, 0.15) is 6.54 Å². The number of halogens is 1. The molecule has 8 heteroatoms. The average molecular weight is 301 g/mol. The second-order valence-electron chi connectivity index (χ2n) is 4.83. The SMILES string of the molecule is CNC(=O)C1(C)CN(C(=O)Cn2cc(Cl)cn2)CCO1. The second kappa shape index (κ2) is 5.80. The van der Waals surface area contributed by atoms with Crippen LogP contribution in [0.25, 0.3) is 0 Å². The maximum absolute atomic E-state index is 12.2. The Labute approximate surface area is 121 Å². The molecule has 20 heavy (non-hydrogen) atoms. The summed E-state index contributed by atoms with van der Waals surface area (Å²) in [5.41, 5.74) is -1.01. The highest BCUT2D eigenvalue weighted by molar-refractivity contribution is 6.30. The minimum Gasteiger partial charge on any atom is -0.362 e. The lowest BCUT2D eigenvalue weighted by atomic mass is 10.0. The zero-order valence-corrected chi connectivity index (χ0v) is 12.2. The zero-order chi connectivity index (χ0) is 14.8. The van der Waals surface area contributed by atoms with Gasteiger partial charge >= 0.3 is 0 Å². The van der Waals surface area contributed by atoms with Gasteiger partial charge in [-0.3, -0.25) is 14.3 Å². The van der Waals surface area contributed by atoms with Gasteiger partial charge in [-0.05, 0) is 6.92 Å². The van der Waals surface area contributed by atoms with Gasteiger partial charge in [0.15, 0.2) is 5.60 Å². The summed E-state index contributed by atoms with van der Waals surface area (Å²) >= 11 is 5.75. The Morgan fingerprint density at radius 1 is 1.60 bits per heavy atom. The van der Waals surface area contributed by atoms with Crippen molar-refractivity contribution in [1.82, 2.24) is 20.0 Å². The standard InChI is InChI=1S/C12H17ClN4O3/c1-12(11(19)14-2)8-16(3-4-20-12)10(18)7-17-6-9(13)5-15-17/h5-6H,3-4,7-8H2,1-2H3,(H,14,19). The van der Waals surface area contributed by atoms with E-state index in [1.807, 2.05) is 0 Å². The molecule has 1 aromatic heterocycles. The first-order valence-corrected chi connectivity index (χ1v) is 6.64. The van der Waals surface area contributed by atoms with Gasteiger partial charge in [0.05, 0.1) is 24.4 Å². The number of likely N-dealkylation sites (N-methyl/N-ethyl adjacent to an activating group) is 1.